The van der Waals surface area contributed by atoms with Crippen LogP contribution in [0.1, 0.15) is 29.0 Å². The molecule has 1 N–H and O–H groups in total. The van der Waals surface area contributed by atoms with Crippen molar-refractivity contribution >= 4 is 23.4 Å². The molecule has 3 nitrogen and oxygen atoms in total. The first kappa shape index (κ1) is 11.9. The molecule has 4 heteroatoms. The third-order valence-corrected chi connectivity index (χ3v) is 4.99. The number of carbonyl (C=O) groups is 1. The Bertz CT molecular complexity index is 480. The number of piperidine rings is 1. The van der Waals surface area contributed by atoms with Gasteiger partial charge in [0.05, 0.1) is 0 Å². The van der Waals surface area contributed by atoms with E-state index in [0.717, 1.165) is 23.4 Å². The van der Waals surface area contributed by atoms with Gasteiger partial charge in [0, 0.05) is 35.0 Å². The summed E-state index contributed by atoms with van der Waals surface area (Å²) in [4.78, 5) is 15.4. The van der Waals surface area contributed by atoms with Gasteiger partial charge >= 0.3 is 5.97 Å². The molecule has 1 aromatic heterocycles. The minimum absolute atomic E-state index is 0.801. The van der Waals surface area contributed by atoms with Crippen LogP contribution < -0.4 is 0 Å². The zero-order valence-electron chi connectivity index (χ0n) is 10.2. The molecule has 1 saturated carbocycles. The van der Waals surface area contributed by atoms with Crippen LogP contribution in [0.3, 0.4) is 0 Å². The van der Waals surface area contributed by atoms with E-state index in [1.807, 2.05) is 6.07 Å². The third-order valence-electron chi connectivity index (χ3n) is 3.95. The van der Waals surface area contributed by atoms with Crippen molar-refractivity contribution in [3.8, 4) is 0 Å². The van der Waals surface area contributed by atoms with Gasteiger partial charge in [-0.1, -0.05) is 0 Å². The number of aliphatic carboxylic acids is 1. The van der Waals surface area contributed by atoms with E-state index in [1.165, 1.54) is 36.8 Å². The Kier molecular flexibility index (Phi) is 3.22. The Hall–Kier alpha value is -1.13. The maximum atomic E-state index is 10.5. The molecule has 2 atom stereocenters. The van der Waals surface area contributed by atoms with Crippen molar-refractivity contribution in [1.29, 1.82) is 0 Å². The van der Waals surface area contributed by atoms with E-state index in [9.17, 15) is 4.79 Å². The molecule has 18 heavy (non-hydrogen) atoms. The smallest absolute Gasteiger partial charge is 0.328 e. The lowest BCUT2D eigenvalue weighted by Crippen LogP contribution is -2.30. The molecule has 96 valence electrons. The quantitative estimate of drug-likeness (QED) is 0.849. The highest BCUT2D eigenvalue weighted by molar-refractivity contribution is 7.12. The third kappa shape index (κ3) is 2.49. The van der Waals surface area contributed by atoms with Crippen LogP contribution in [-0.4, -0.2) is 28.6 Å². The number of carboxylic acid groups (broad SMARTS) is 1. The first-order chi connectivity index (χ1) is 8.70. The van der Waals surface area contributed by atoms with Crippen molar-refractivity contribution < 1.29 is 9.90 Å². The number of hydrogen-bond donors (Lipinski definition) is 1. The molecule has 2 bridgehead atoms. The Morgan fingerprint density at radius 3 is 3.06 bits per heavy atom. The molecule has 1 aliphatic heterocycles. The number of fused-ring (bicyclic) bond motifs is 2. The summed E-state index contributed by atoms with van der Waals surface area (Å²) in [5.41, 5.74) is 0. The van der Waals surface area contributed by atoms with Gasteiger partial charge in [0.2, 0.25) is 0 Å². The van der Waals surface area contributed by atoms with Crippen LogP contribution >= 0.6 is 11.3 Å². The van der Waals surface area contributed by atoms with Crippen LogP contribution in [0.4, 0.5) is 0 Å². The van der Waals surface area contributed by atoms with E-state index in [1.54, 1.807) is 17.4 Å². The van der Waals surface area contributed by atoms with Crippen LogP contribution in [0, 0.1) is 5.92 Å². The second-order valence-corrected chi connectivity index (χ2v) is 6.44. The van der Waals surface area contributed by atoms with Gasteiger partial charge in [-0.2, -0.15) is 0 Å². The lowest BCUT2D eigenvalue weighted by atomic mass is 10.1. The average molecular weight is 263 g/mol. The summed E-state index contributed by atoms with van der Waals surface area (Å²) < 4.78 is 0. The molecule has 2 fully saturated rings. The topological polar surface area (TPSA) is 40.5 Å². The predicted molar refractivity (Wildman–Crippen MR) is 72.5 cm³/mol. The minimum Gasteiger partial charge on any atom is -0.478 e. The zero-order valence-corrected chi connectivity index (χ0v) is 11.0. The Balaban J connectivity index is 1.62. The standard InChI is InChI=1S/C14H17NO2S/c16-14(17)6-5-12-3-4-13(18-12)9-15-8-10-1-2-11(15)7-10/h3-6,10-11H,1-2,7-9H2,(H,16,17). The molecule has 1 aliphatic carbocycles. The highest BCUT2D eigenvalue weighted by Gasteiger charge is 2.37. The SMILES string of the molecule is O=C(O)C=Cc1ccc(CN2CC3CCC2C3)s1. The van der Waals surface area contributed by atoms with Gasteiger partial charge < -0.3 is 5.11 Å². The molecule has 0 radical (unpaired) electrons. The number of rotatable bonds is 4. The van der Waals surface area contributed by atoms with Crippen LogP contribution in [-0.2, 0) is 11.3 Å². The van der Waals surface area contributed by atoms with E-state index >= 15 is 0 Å². The fourth-order valence-electron chi connectivity index (χ4n) is 3.14. The molecule has 2 aliphatic rings. The molecule has 1 saturated heterocycles. The summed E-state index contributed by atoms with van der Waals surface area (Å²) in [5.74, 6) is 0.0446. The highest BCUT2D eigenvalue weighted by Crippen LogP contribution is 2.38. The molecule has 2 heterocycles. The predicted octanol–water partition coefficient (Wildman–Crippen LogP) is 2.83. The van der Waals surface area contributed by atoms with Crippen LogP contribution in [0.15, 0.2) is 18.2 Å². The average Bonchev–Trinajstić information content (AvgIpc) is 3.02. The summed E-state index contributed by atoms with van der Waals surface area (Å²) in [6.07, 6.45) is 7.04. The summed E-state index contributed by atoms with van der Waals surface area (Å²) in [5, 5.41) is 8.59. The second-order valence-electron chi connectivity index (χ2n) is 5.24. The van der Waals surface area contributed by atoms with E-state index in [0.29, 0.717) is 0 Å². The van der Waals surface area contributed by atoms with Gasteiger partial charge in [-0.3, -0.25) is 4.90 Å². The fourth-order valence-corrected chi connectivity index (χ4v) is 4.08. The molecular formula is C14H17NO2S. The Labute approximate surface area is 111 Å². The highest BCUT2D eigenvalue weighted by atomic mass is 32.1. The summed E-state index contributed by atoms with van der Waals surface area (Å²) in [6.45, 7) is 2.29. The van der Waals surface area contributed by atoms with Gasteiger partial charge in [0.25, 0.3) is 0 Å². The van der Waals surface area contributed by atoms with Crippen molar-refractivity contribution in [2.75, 3.05) is 6.54 Å². The Morgan fingerprint density at radius 2 is 2.39 bits per heavy atom. The van der Waals surface area contributed by atoms with Crippen molar-refractivity contribution in [3.05, 3.63) is 28.0 Å². The molecule has 0 amide bonds. The summed E-state index contributed by atoms with van der Waals surface area (Å²) in [6, 6.07) is 4.93. The van der Waals surface area contributed by atoms with Crippen molar-refractivity contribution in [2.24, 2.45) is 5.92 Å². The maximum Gasteiger partial charge on any atom is 0.328 e. The second kappa shape index (κ2) is 4.86. The number of likely N-dealkylation sites (tertiary alicyclic amines) is 1. The normalized spacial score (nSPS) is 27.3. The number of thiophene rings is 1. The van der Waals surface area contributed by atoms with E-state index < -0.39 is 5.97 Å². The largest absolute Gasteiger partial charge is 0.478 e. The fraction of sp³-hybridized carbons (Fsp3) is 0.500. The van der Waals surface area contributed by atoms with E-state index in [-0.39, 0.29) is 0 Å². The molecule has 0 spiro atoms. The van der Waals surface area contributed by atoms with Crippen LogP contribution in [0.2, 0.25) is 0 Å². The summed E-state index contributed by atoms with van der Waals surface area (Å²) >= 11 is 1.70. The Morgan fingerprint density at radius 1 is 1.50 bits per heavy atom. The molecule has 1 aromatic rings. The van der Waals surface area contributed by atoms with Crippen molar-refractivity contribution in [2.45, 2.75) is 31.8 Å². The molecular weight excluding hydrogens is 246 g/mol. The first-order valence-corrected chi connectivity index (χ1v) is 7.26. The molecule has 3 rings (SSSR count). The molecule has 2 unspecified atom stereocenters. The maximum absolute atomic E-state index is 10.5. The molecule has 0 aromatic carbocycles. The van der Waals surface area contributed by atoms with Crippen molar-refractivity contribution in [3.63, 3.8) is 0 Å². The van der Waals surface area contributed by atoms with Gasteiger partial charge in [-0.25, -0.2) is 4.79 Å². The monoisotopic (exact) mass is 263 g/mol. The lowest BCUT2D eigenvalue weighted by Gasteiger charge is -2.25. The summed E-state index contributed by atoms with van der Waals surface area (Å²) in [7, 11) is 0. The number of carboxylic acids is 1. The minimum atomic E-state index is -0.887. The zero-order chi connectivity index (χ0) is 12.5. The van der Waals surface area contributed by atoms with Gasteiger partial charge in [-0.05, 0) is 43.4 Å². The van der Waals surface area contributed by atoms with Gasteiger partial charge in [-0.15, -0.1) is 11.3 Å². The van der Waals surface area contributed by atoms with Crippen molar-refractivity contribution in [1.82, 2.24) is 4.90 Å². The van der Waals surface area contributed by atoms with Crippen LogP contribution in [0.25, 0.3) is 6.08 Å². The van der Waals surface area contributed by atoms with E-state index in [4.69, 9.17) is 5.11 Å². The van der Waals surface area contributed by atoms with Gasteiger partial charge in [0.1, 0.15) is 0 Å². The van der Waals surface area contributed by atoms with Crippen LogP contribution in [0.5, 0.6) is 0 Å². The number of nitrogens with zero attached hydrogens (tertiary/aromatic N) is 1. The number of hydrogen-bond acceptors (Lipinski definition) is 3. The van der Waals surface area contributed by atoms with Gasteiger partial charge in [0.15, 0.2) is 0 Å². The lowest BCUT2D eigenvalue weighted by molar-refractivity contribution is -0.131. The van der Waals surface area contributed by atoms with E-state index in [2.05, 4.69) is 11.0 Å². The first-order valence-electron chi connectivity index (χ1n) is 6.44.